The monoisotopic (exact) mass is 374 g/mol. The van der Waals surface area contributed by atoms with Crippen molar-refractivity contribution in [3.8, 4) is 0 Å². The van der Waals surface area contributed by atoms with Crippen molar-refractivity contribution in [3.05, 3.63) is 51.8 Å². The molecule has 108 valence electrons. The van der Waals surface area contributed by atoms with E-state index < -0.39 is 10.0 Å². The summed E-state index contributed by atoms with van der Waals surface area (Å²) in [6.45, 7) is 0.313. The smallest absolute Gasteiger partial charge is 0.250 e. The molecular formula is C13H15BrN2O2S2. The molecule has 1 unspecified atom stereocenters. The van der Waals surface area contributed by atoms with Crippen molar-refractivity contribution in [1.82, 2.24) is 4.72 Å². The number of rotatable bonds is 6. The van der Waals surface area contributed by atoms with Gasteiger partial charge in [0.15, 0.2) is 0 Å². The minimum atomic E-state index is -3.43. The Morgan fingerprint density at radius 1 is 1.20 bits per heavy atom. The van der Waals surface area contributed by atoms with E-state index in [0.717, 1.165) is 9.35 Å². The van der Waals surface area contributed by atoms with Gasteiger partial charge in [-0.1, -0.05) is 30.3 Å². The third-order valence-corrected chi connectivity index (χ3v) is 6.37. The zero-order chi connectivity index (χ0) is 14.6. The second-order valence-corrected chi connectivity index (χ2v) is 8.72. The number of thiophene rings is 1. The molecule has 0 saturated carbocycles. The van der Waals surface area contributed by atoms with Crippen LogP contribution in [0.2, 0.25) is 0 Å². The molecule has 3 N–H and O–H groups in total. The van der Waals surface area contributed by atoms with Crippen LogP contribution in [-0.4, -0.2) is 15.0 Å². The Morgan fingerprint density at radius 2 is 1.90 bits per heavy atom. The van der Waals surface area contributed by atoms with Gasteiger partial charge < -0.3 is 5.73 Å². The fourth-order valence-electron chi connectivity index (χ4n) is 1.73. The first-order valence-corrected chi connectivity index (χ1v) is 9.14. The van der Waals surface area contributed by atoms with E-state index in [4.69, 9.17) is 5.73 Å². The SMILES string of the molecule is NC(CCNS(=O)(=O)c1ccc(Br)s1)c1ccccc1. The fraction of sp³-hybridized carbons (Fsp3) is 0.231. The van der Waals surface area contributed by atoms with Crippen LogP contribution in [-0.2, 0) is 10.0 Å². The van der Waals surface area contributed by atoms with Crippen LogP contribution < -0.4 is 10.5 Å². The van der Waals surface area contributed by atoms with Crippen LogP contribution in [0.25, 0.3) is 0 Å². The van der Waals surface area contributed by atoms with Gasteiger partial charge >= 0.3 is 0 Å². The summed E-state index contributed by atoms with van der Waals surface area (Å²) >= 11 is 4.44. The van der Waals surface area contributed by atoms with E-state index in [2.05, 4.69) is 20.7 Å². The minimum absolute atomic E-state index is 0.172. The van der Waals surface area contributed by atoms with Gasteiger partial charge in [0, 0.05) is 12.6 Å². The number of halogens is 1. The molecule has 0 radical (unpaired) electrons. The fourth-order valence-corrected chi connectivity index (χ4v) is 4.83. The average molecular weight is 375 g/mol. The molecule has 0 aliphatic rings. The Morgan fingerprint density at radius 3 is 2.50 bits per heavy atom. The van der Waals surface area contributed by atoms with Crippen LogP contribution in [0.4, 0.5) is 0 Å². The number of nitrogens with two attached hydrogens (primary N) is 1. The Labute approximate surface area is 131 Å². The molecule has 20 heavy (non-hydrogen) atoms. The van der Waals surface area contributed by atoms with E-state index in [1.165, 1.54) is 11.3 Å². The highest BCUT2D eigenvalue weighted by Crippen LogP contribution is 2.25. The molecule has 1 aromatic heterocycles. The molecule has 2 rings (SSSR count). The first kappa shape index (κ1) is 15.7. The molecule has 0 aliphatic carbocycles. The summed E-state index contributed by atoms with van der Waals surface area (Å²) < 4.78 is 27.7. The van der Waals surface area contributed by atoms with Gasteiger partial charge in [-0.3, -0.25) is 0 Å². The van der Waals surface area contributed by atoms with Crippen LogP contribution >= 0.6 is 27.3 Å². The Balaban J connectivity index is 1.90. The number of sulfonamides is 1. The Bertz CT molecular complexity index is 656. The van der Waals surface area contributed by atoms with E-state index in [0.29, 0.717) is 17.2 Å². The van der Waals surface area contributed by atoms with Crippen molar-refractivity contribution < 1.29 is 8.42 Å². The maximum atomic E-state index is 12.0. The minimum Gasteiger partial charge on any atom is -0.324 e. The molecule has 0 spiro atoms. The van der Waals surface area contributed by atoms with E-state index in [9.17, 15) is 8.42 Å². The molecule has 1 atom stereocenters. The van der Waals surface area contributed by atoms with E-state index in [1.807, 2.05) is 30.3 Å². The summed E-state index contributed by atoms with van der Waals surface area (Å²) in [5, 5.41) is 0. The summed E-state index contributed by atoms with van der Waals surface area (Å²) in [4.78, 5) is 0. The maximum absolute atomic E-state index is 12.0. The van der Waals surface area contributed by atoms with Crippen LogP contribution in [0.5, 0.6) is 0 Å². The molecule has 0 aliphatic heterocycles. The lowest BCUT2D eigenvalue weighted by molar-refractivity contribution is 0.571. The summed E-state index contributed by atoms with van der Waals surface area (Å²) in [6, 6.07) is 12.8. The predicted molar refractivity (Wildman–Crippen MR) is 85.2 cm³/mol. The average Bonchev–Trinajstić information content (AvgIpc) is 2.87. The molecule has 7 heteroatoms. The molecule has 0 fully saturated rings. The van der Waals surface area contributed by atoms with Crippen LogP contribution in [0.3, 0.4) is 0 Å². The van der Waals surface area contributed by atoms with E-state index in [-0.39, 0.29) is 6.04 Å². The summed E-state index contributed by atoms with van der Waals surface area (Å²) in [6.07, 6.45) is 0.551. The molecule has 0 bridgehead atoms. The van der Waals surface area contributed by atoms with Crippen molar-refractivity contribution in [2.75, 3.05) is 6.54 Å². The number of hydrogen-bond donors (Lipinski definition) is 2. The standard InChI is InChI=1S/C13H15BrN2O2S2/c14-12-6-7-13(19-12)20(17,18)16-9-8-11(15)10-4-2-1-3-5-10/h1-7,11,16H,8-9,15H2. The van der Waals surface area contributed by atoms with E-state index in [1.54, 1.807) is 12.1 Å². The van der Waals surface area contributed by atoms with Gasteiger partial charge in [0.25, 0.3) is 0 Å². The highest BCUT2D eigenvalue weighted by Gasteiger charge is 2.16. The quantitative estimate of drug-likeness (QED) is 0.816. The molecule has 1 heterocycles. The molecular weight excluding hydrogens is 360 g/mol. The molecule has 1 aromatic carbocycles. The van der Waals surface area contributed by atoms with Crippen LogP contribution in [0.15, 0.2) is 50.5 Å². The zero-order valence-corrected chi connectivity index (χ0v) is 13.8. The number of hydrogen-bond acceptors (Lipinski definition) is 4. The van der Waals surface area contributed by atoms with E-state index >= 15 is 0 Å². The molecule has 4 nitrogen and oxygen atoms in total. The van der Waals surface area contributed by atoms with Gasteiger partial charge in [-0.15, -0.1) is 11.3 Å². The van der Waals surface area contributed by atoms with Gasteiger partial charge in [0.05, 0.1) is 3.79 Å². The first-order chi connectivity index (χ1) is 9.49. The second-order valence-electron chi connectivity index (χ2n) is 4.26. The van der Waals surface area contributed by atoms with Crippen molar-refractivity contribution in [2.45, 2.75) is 16.7 Å². The summed E-state index contributed by atoms with van der Waals surface area (Å²) in [5.74, 6) is 0. The lowest BCUT2D eigenvalue weighted by Gasteiger charge is -2.12. The first-order valence-electron chi connectivity index (χ1n) is 6.04. The summed E-state index contributed by atoms with van der Waals surface area (Å²) in [5.41, 5.74) is 7.03. The largest absolute Gasteiger partial charge is 0.324 e. The third-order valence-electron chi connectivity index (χ3n) is 2.79. The highest BCUT2D eigenvalue weighted by molar-refractivity contribution is 9.11. The van der Waals surface area contributed by atoms with Gasteiger partial charge in [-0.25, -0.2) is 13.1 Å². The summed E-state index contributed by atoms with van der Waals surface area (Å²) in [7, 11) is -3.43. The predicted octanol–water partition coefficient (Wildman–Crippen LogP) is 2.88. The van der Waals surface area contributed by atoms with Gasteiger partial charge in [-0.05, 0) is 40.0 Å². The molecule has 2 aromatic rings. The highest BCUT2D eigenvalue weighted by atomic mass is 79.9. The number of benzene rings is 1. The van der Waals surface area contributed by atoms with Gasteiger partial charge in [0.2, 0.25) is 10.0 Å². The zero-order valence-electron chi connectivity index (χ0n) is 10.6. The topological polar surface area (TPSA) is 72.2 Å². The molecule has 0 amide bonds. The second kappa shape index (κ2) is 6.82. The van der Waals surface area contributed by atoms with Crippen molar-refractivity contribution in [3.63, 3.8) is 0 Å². The lowest BCUT2D eigenvalue weighted by Crippen LogP contribution is -2.26. The third kappa shape index (κ3) is 4.13. The Hall–Kier alpha value is -0.730. The number of nitrogens with one attached hydrogen (secondary N) is 1. The lowest BCUT2D eigenvalue weighted by atomic mass is 10.1. The maximum Gasteiger partial charge on any atom is 0.250 e. The normalized spacial score (nSPS) is 13.3. The van der Waals surface area contributed by atoms with Gasteiger partial charge in [-0.2, -0.15) is 0 Å². The van der Waals surface area contributed by atoms with Crippen molar-refractivity contribution in [1.29, 1.82) is 0 Å². The van der Waals surface area contributed by atoms with Crippen LogP contribution in [0.1, 0.15) is 18.0 Å². The van der Waals surface area contributed by atoms with Crippen molar-refractivity contribution >= 4 is 37.3 Å². The Kier molecular flexibility index (Phi) is 5.34. The van der Waals surface area contributed by atoms with Gasteiger partial charge in [0.1, 0.15) is 4.21 Å². The van der Waals surface area contributed by atoms with Crippen molar-refractivity contribution in [2.24, 2.45) is 5.73 Å². The van der Waals surface area contributed by atoms with Crippen LogP contribution in [0, 0.1) is 0 Å². The molecule has 0 saturated heterocycles.